The van der Waals surface area contributed by atoms with Crippen molar-refractivity contribution in [2.45, 2.75) is 32.9 Å². The number of nitrogens with one attached hydrogen (secondary N) is 2. The molecule has 0 aliphatic heterocycles. The van der Waals surface area contributed by atoms with Crippen LogP contribution in [-0.2, 0) is 11.3 Å². The van der Waals surface area contributed by atoms with Gasteiger partial charge in [-0.3, -0.25) is 4.79 Å². The van der Waals surface area contributed by atoms with Gasteiger partial charge >= 0.3 is 0 Å². The summed E-state index contributed by atoms with van der Waals surface area (Å²) in [6.45, 7) is 5.41. The van der Waals surface area contributed by atoms with Crippen molar-refractivity contribution in [3.63, 3.8) is 0 Å². The van der Waals surface area contributed by atoms with Crippen LogP contribution in [-0.4, -0.2) is 25.6 Å². The van der Waals surface area contributed by atoms with Crippen LogP contribution in [0.2, 0.25) is 0 Å². The monoisotopic (exact) mass is 250 g/mol. The Labute approximate surface area is 109 Å². The number of hydrogen-bond acceptors (Lipinski definition) is 3. The predicted octanol–water partition coefficient (Wildman–Crippen LogP) is 1.70. The van der Waals surface area contributed by atoms with E-state index in [0.29, 0.717) is 13.0 Å². The summed E-state index contributed by atoms with van der Waals surface area (Å²) in [5.41, 5.74) is 0.990. The van der Waals surface area contributed by atoms with E-state index < -0.39 is 0 Å². The molecule has 4 heteroatoms. The highest BCUT2D eigenvalue weighted by atomic mass is 16.5. The summed E-state index contributed by atoms with van der Waals surface area (Å²) in [5.74, 6) is 0.854. The lowest BCUT2D eigenvalue weighted by molar-refractivity contribution is -0.121. The van der Waals surface area contributed by atoms with Crippen molar-refractivity contribution in [2.24, 2.45) is 0 Å². The number of para-hydroxylation sites is 1. The van der Waals surface area contributed by atoms with Crippen LogP contribution in [0.1, 0.15) is 25.8 Å². The molecule has 0 saturated carbocycles. The Kier molecular flexibility index (Phi) is 6.22. The lowest BCUT2D eigenvalue weighted by Gasteiger charge is -2.13. The van der Waals surface area contributed by atoms with E-state index in [1.807, 2.05) is 38.1 Å². The van der Waals surface area contributed by atoms with Gasteiger partial charge in [0.2, 0.25) is 5.91 Å². The van der Waals surface area contributed by atoms with Crippen molar-refractivity contribution in [2.75, 3.05) is 13.7 Å². The van der Waals surface area contributed by atoms with Crippen molar-refractivity contribution in [3.8, 4) is 5.75 Å². The highest BCUT2D eigenvalue weighted by Gasteiger charge is 2.08. The molecular formula is C14H22N2O2. The second-order valence-corrected chi connectivity index (χ2v) is 4.25. The molecule has 0 aliphatic rings. The number of ether oxygens (including phenoxy) is 1. The first-order chi connectivity index (χ1) is 8.67. The minimum atomic E-state index is 0.0503. The Bertz CT molecular complexity index is 380. The van der Waals surface area contributed by atoms with Gasteiger partial charge in [-0.25, -0.2) is 0 Å². The highest BCUT2D eigenvalue weighted by Crippen LogP contribution is 2.16. The minimum Gasteiger partial charge on any atom is -0.496 e. The Balaban J connectivity index is 2.42. The zero-order chi connectivity index (χ0) is 13.4. The lowest BCUT2D eigenvalue weighted by Crippen LogP contribution is -2.33. The zero-order valence-corrected chi connectivity index (χ0v) is 11.3. The standard InChI is InChI=1S/C14H22N2O2/c1-4-15-11(2)9-14(17)16-10-12-7-5-6-8-13(12)18-3/h5-8,11,15H,4,9-10H2,1-3H3,(H,16,17). The zero-order valence-electron chi connectivity index (χ0n) is 11.3. The molecule has 1 unspecified atom stereocenters. The van der Waals surface area contributed by atoms with Crippen molar-refractivity contribution in [1.29, 1.82) is 0 Å². The summed E-state index contributed by atoms with van der Waals surface area (Å²) < 4.78 is 5.23. The molecule has 1 aromatic carbocycles. The first-order valence-electron chi connectivity index (χ1n) is 6.29. The number of hydrogen-bond donors (Lipinski definition) is 2. The number of methoxy groups -OCH3 is 1. The Hall–Kier alpha value is -1.55. The molecule has 0 spiro atoms. The van der Waals surface area contributed by atoms with Crippen LogP contribution >= 0.6 is 0 Å². The van der Waals surface area contributed by atoms with Crippen molar-refractivity contribution >= 4 is 5.91 Å². The molecule has 1 rings (SSSR count). The SMILES string of the molecule is CCNC(C)CC(=O)NCc1ccccc1OC. The lowest BCUT2D eigenvalue weighted by atomic mass is 10.2. The summed E-state index contributed by atoms with van der Waals surface area (Å²) in [5, 5.41) is 6.12. The molecule has 1 amide bonds. The normalized spacial score (nSPS) is 11.9. The fraction of sp³-hybridized carbons (Fsp3) is 0.500. The van der Waals surface area contributed by atoms with Gasteiger partial charge in [-0.1, -0.05) is 25.1 Å². The Morgan fingerprint density at radius 2 is 2.11 bits per heavy atom. The third-order valence-corrected chi connectivity index (χ3v) is 2.71. The minimum absolute atomic E-state index is 0.0503. The summed E-state index contributed by atoms with van der Waals surface area (Å²) >= 11 is 0. The number of rotatable bonds is 7. The van der Waals surface area contributed by atoms with Crippen LogP contribution in [0.25, 0.3) is 0 Å². The van der Waals surface area contributed by atoms with Crippen molar-refractivity contribution in [1.82, 2.24) is 10.6 Å². The Morgan fingerprint density at radius 1 is 1.39 bits per heavy atom. The molecule has 18 heavy (non-hydrogen) atoms. The van der Waals surface area contributed by atoms with Crippen LogP contribution in [0.15, 0.2) is 24.3 Å². The second-order valence-electron chi connectivity index (χ2n) is 4.25. The third-order valence-electron chi connectivity index (χ3n) is 2.71. The van der Waals surface area contributed by atoms with Gasteiger partial charge in [-0.2, -0.15) is 0 Å². The van der Waals surface area contributed by atoms with Gasteiger partial charge < -0.3 is 15.4 Å². The number of carbonyl (C=O) groups is 1. The number of amides is 1. The molecule has 100 valence electrons. The van der Waals surface area contributed by atoms with Crippen LogP contribution in [0.5, 0.6) is 5.75 Å². The largest absolute Gasteiger partial charge is 0.496 e. The van der Waals surface area contributed by atoms with Gasteiger partial charge in [-0.05, 0) is 19.5 Å². The topological polar surface area (TPSA) is 50.4 Å². The van der Waals surface area contributed by atoms with Gasteiger partial charge in [0.1, 0.15) is 5.75 Å². The first kappa shape index (κ1) is 14.5. The number of carbonyl (C=O) groups excluding carboxylic acids is 1. The molecule has 0 fully saturated rings. The maximum Gasteiger partial charge on any atom is 0.221 e. The van der Waals surface area contributed by atoms with E-state index in [-0.39, 0.29) is 11.9 Å². The van der Waals surface area contributed by atoms with E-state index in [0.717, 1.165) is 17.9 Å². The third kappa shape index (κ3) is 4.75. The molecule has 0 heterocycles. The first-order valence-corrected chi connectivity index (χ1v) is 6.29. The fourth-order valence-electron chi connectivity index (χ4n) is 1.81. The van der Waals surface area contributed by atoms with E-state index >= 15 is 0 Å². The molecule has 2 N–H and O–H groups in total. The summed E-state index contributed by atoms with van der Waals surface area (Å²) in [6.07, 6.45) is 0.489. The number of benzene rings is 1. The second kappa shape index (κ2) is 7.71. The molecule has 1 aromatic rings. The summed E-state index contributed by atoms with van der Waals surface area (Å²) in [4.78, 5) is 11.7. The Morgan fingerprint density at radius 3 is 2.78 bits per heavy atom. The quantitative estimate of drug-likeness (QED) is 0.774. The average Bonchev–Trinajstić information content (AvgIpc) is 2.37. The summed E-state index contributed by atoms with van der Waals surface area (Å²) in [7, 11) is 1.63. The van der Waals surface area contributed by atoms with Gasteiger partial charge in [0.15, 0.2) is 0 Å². The van der Waals surface area contributed by atoms with Crippen LogP contribution < -0.4 is 15.4 Å². The summed E-state index contributed by atoms with van der Waals surface area (Å²) in [6, 6.07) is 7.89. The van der Waals surface area contributed by atoms with Gasteiger partial charge in [-0.15, -0.1) is 0 Å². The molecule has 4 nitrogen and oxygen atoms in total. The van der Waals surface area contributed by atoms with E-state index in [2.05, 4.69) is 10.6 Å². The molecule has 1 atom stereocenters. The maximum atomic E-state index is 11.7. The highest BCUT2D eigenvalue weighted by molar-refractivity contribution is 5.76. The van der Waals surface area contributed by atoms with Gasteiger partial charge in [0, 0.05) is 24.6 Å². The van der Waals surface area contributed by atoms with Gasteiger partial charge in [0.25, 0.3) is 0 Å². The molecule has 0 bridgehead atoms. The molecule has 0 radical (unpaired) electrons. The molecule has 0 saturated heterocycles. The van der Waals surface area contributed by atoms with Gasteiger partial charge in [0.05, 0.1) is 7.11 Å². The van der Waals surface area contributed by atoms with E-state index in [4.69, 9.17) is 4.74 Å². The van der Waals surface area contributed by atoms with Crippen LogP contribution in [0.4, 0.5) is 0 Å². The fourth-order valence-corrected chi connectivity index (χ4v) is 1.81. The smallest absolute Gasteiger partial charge is 0.221 e. The molecule has 0 aromatic heterocycles. The van der Waals surface area contributed by atoms with E-state index in [1.54, 1.807) is 7.11 Å². The molecule has 0 aliphatic carbocycles. The maximum absolute atomic E-state index is 11.7. The van der Waals surface area contributed by atoms with E-state index in [1.165, 1.54) is 0 Å². The van der Waals surface area contributed by atoms with Crippen molar-refractivity contribution < 1.29 is 9.53 Å². The average molecular weight is 250 g/mol. The van der Waals surface area contributed by atoms with Crippen molar-refractivity contribution in [3.05, 3.63) is 29.8 Å². The predicted molar refractivity (Wildman–Crippen MR) is 72.6 cm³/mol. The van der Waals surface area contributed by atoms with Crippen LogP contribution in [0, 0.1) is 0 Å². The molecular weight excluding hydrogens is 228 g/mol. The van der Waals surface area contributed by atoms with E-state index in [9.17, 15) is 4.79 Å². The van der Waals surface area contributed by atoms with Crippen LogP contribution in [0.3, 0.4) is 0 Å².